The summed E-state index contributed by atoms with van der Waals surface area (Å²) in [5, 5.41) is 5.42. The normalized spacial score (nSPS) is 15.8. The molecule has 1 N–H and O–H groups in total. The van der Waals surface area contributed by atoms with E-state index in [9.17, 15) is 9.59 Å². The molecule has 0 atom stereocenters. The van der Waals surface area contributed by atoms with Crippen LogP contribution < -0.4 is 5.32 Å². The zero-order valence-corrected chi connectivity index (χ0v) is 14.3. The highest BCUT2D eigenvalue weighted by molar-refractivity contribution is 7.15. The van der Waals surface area contributed by atoms with Crippen LogP contribution in [0.15, 0.2) is 5.38 Å². The summed E-state index contributed by atoms with van der Waals surface area (Å²) in [5.74, 6) is -0.0600. The first-order valence-corrected chi connectivity index (χ1v) is 8.13. The molecule has 6 nitrogen and oxygen atoms in total. The van der Waals surface area contributed by atoms with Gasteiger partial charge in [0.2, 0.25) is 5.91 Å². The molecule has 0 spiro atoms. The van der Waals surface area contributed by atoms with Crippen LogP contribution in [0.5, 0.6) is 0 Å². The summed E-state index contributed by atoms with van der Waals surface area (Å²) in [6.07, 6.45) is -0.551. The van der Waals surface area contributed by atoms with Crippen LogP contribution in [0.1, 0.15) is 26.3 Å². The molecule has 1 aliphatic rings. The summed E-state index contributed by atoms with van der Waals surface area (Å²) >= 11 is 7.58. The Bertz CT molecular complexity index is 568. The molecule has 1 aliphatic heterocycles. The first-order valence-electron chi connectivity index (χ1n) is 6.87. The van der Waals surface area contributed by atoms with Crippen LogP contribution in [0.3, 0.4) is 0 Å². The molecule has 2 rings (SSSR count). The second kappa shape index (κ2) is 6.85. The third kappa shape index (κ3) is 4.59. The van der Waals surface area contributed by atoms with E-state index in [2.05, 4.69) is 5.32 Å². The summed E-state index contributed by atoms with van der Waals surface area (Å²) in [5.41, 5.74) is 0.227. The number of hydrogen-bond acceptors (Lipinski definition) is 5. The van der Waals surface area contributed by atoms with Crippen LogP contribution in [-0.2, 0) is 20.8 Å². The number of nitrogens with one attached hydrogen (secondary N) is 1. The van der Waals surface area contributed by atoms with Crippen molar-refractivity contribution in [3.8, 4) is 0 Å². The van der Waals surface area contributed by atoms with Crippen LogP contribution >= 0.6 is 22.9 Å². The smallest absolute Gasteiger partial charge is 0.412 e. The van der Waals surface area contributed by atoms with E-state index in [1.807, 2.05) is 5.38 Å². The quantitative estimate of drug-likeness (QED) is 0.913. The first kappa shape index (κ1) is 17.1. The Balaban J connectivity index is 2.00. The average molecular weight is 347 g/mol. The molecule has 0 saturated carbocycles. The average Bonchev–Trinajstić information content (AvgIpc) is 2.72. The SMILES string of the molecule is CC(C)(C)OC(=O)Nc1scc(CN2CCOCC2=O)c1Cl. The van der Waals surface area contributed by atoms with Gasteiger partial charge in [0, 0.05) is 18.7 Å². The molecule has 1 saturated heterocycles. The van der Waals surface area contributed by atoms with Gasteiger partial charge in [-0.15, -0.1) is 11.3 Å². The maximum atomic E-state index is 11.8. The number of carbonyl (C=O) groups is 2. The fraction of sp³-hybridized carbons (Fsp3) is 0.571. The Morgan fingerprint density at radius 3 is 2.91 bits per heavy atom. The highest BCUT2D eigenvalue weighted by Gasteiger charge is 2.22. The summed E-state index contributed by atoms with van der Waals surface area (Å²) in [4.78, 5) is 25.2. The fourth-order valence-corrected chi connectivity index (χ4v) is 3.08. The minimum absolute atomic E-state index is 0.0600. The van der Waals surface area contributed by atoms with E-state index in [-0.39, 0.29) is 12.5 Å². The molecule has 1 aromatic heterocycles. The molecule has 0 bridgehead atoms. The molecule has 8 heteroatoms. The van der Waals surface area contributed by atoms with E-state index >= 15 is 0 Å². The third-order valence-corrected chi connectivity index (χ3v) is 4.35. The van der Waals surface area contributed by atoms with Crippen molar-refractivity contribution in [1.29, 1.82) is 0 Å². The van der Waals surface area contributed by atoms with Gasteiger partial charge in [0.25, 0.3) is 0 Å². The highest BCUT2D eigenvalue weighted by atomic mass is 35.5. The number of nitrogens with zero attached hydrogens (tertiary/aromatic N) is 1. The van der Waals surface area contributed by atoms with Crippen molar-refractivity contribution in [3.63, 3.8) is 0 Å². The number of rotatable bonds is 3. The maximum absolute atomic E-state index is 11.8. The van der Waals surface area contributed by atoms with E-state index in [0.29, 0.717) is 29.7 Å². The number of carbonyl (C=O) groups excluding carboxylic acids is 2. The van der Waals surface area contributed by atoms with E-state index in [4.69, 9.17) is 21.1 Å². The number of morpholine rings is 1. The van der Waals surface area contributed by atoms with Crippen LogP contribution in [0.4, 0.5) is 9.80 Å². The molecular weight excluding hydrogens is 328 g/mol. The predicted molar refractivity (Wildman–Crippen MR) is 85.4 cm³/mol. The number of amides is 2. The molecule has 0 radical (unpaired) electrons. The lowest BCUT2D eigenvalue weighted by molar-refractivity contribution is -0.143. The second-order valence-corrected chi connectivity index (χ2v) is 7.16. The van der Waals surface area contributed by atoms with Gasteiger partial charge in [0.15, 0.2) is 0 Å². The Labute approximate surface area is 138 Å². The lowest BCUT2D eigenvalue weighted by Crippen LogP contribution is -2.40. The number of hydrogen-bond donors (Lipinski definition) is 1. The second-order valence-electron chi connectivity index (χ2n) is 5.90. The van der Waals surface area contributed by atoms with Crippen LogP contribution in [0, 0.1) is 0 Å². The van der Waals surface area contributed by atoms with Gasteiger partial charge in [0.1, 0.15) is 17.2 Å². The van der Waals surface area contributed by atoms with Crippen molar-refractivity contribution >= 4 is 39.9 Å². The van der Waals surface area contributed by atoms with Gasteiger partial charge in [-0.1, -0.05) is 11.6 Å². The summed E-state index contributed by atoms with van der Waals surface area (Å²) < 4.78 is 10.3. The minimum Gasteiger partial charge on any atom is -0.444 e. The summed E-state index contributed by atoms with van der Waals surface area (Å²) in [6.45, 7) is 6.95. The predicted octanol–water partition coefficient (Wildman–Crippen LogP) is 3.11. The van der Waals surface area contributed by atoms with Crippen molar-refractivity contribution in [2.24, 2.45) is 0 Å². The third-order valence-electron chi connectivity index (χ3n) is 2.86. The van der Waals surface area contributed by atoms with E-state index in [1.165, 1.54) is 11.3 Å². The van der Waals surface area contributed by atoms with Crippen molar-refractivity contribution in [2.45, 2.75) is 32.9 Å². The summed E-state index contributed by atoms with van der Waals surface area (Å²) in [6, 6.07) is 0. The van der Waals surface area contributed by atoms with Crippen LogP contribution in [-0.4, -0.2) is 42.3 Å². The molecule has 0 aliphatic carbocycles. The van der Waals surface area contributed by atoms with Gasteiger partial charge in [-0.3, -0.25) is 10.1 Å². The molecule has 22 heavy (non-hydrogen) atoms. The number of anilines is 1. The molecular formula is C14H19ClN2O4S. The number of thiophene rings is 1. The van der Waals surface area contributed by atoms with E-state index in [0.717, 1.165) is 5.56 Å². The molecule has 2 amide bonds. The van der Waals surface area contributed by atoms with E-state index in [1.54, 1.807) is 25.7 Å². The Morgan fingerprint density at radius 2 is 2.27 bits per heavy atom. The Hall–Kier alpha value is -1.31. The van der Waals surface area contributed by atoms with Gasteiger partial charge in [0.05, 0.1) is 11.6 Å². The summed E-state index contributed by atoms with van der Waals surface area (Å²) in [7, 11) is 0. The van der Waals surface area contributed by atoms with Crippen molar-refractivity contribution in [1.82, 2.24) is 4.90 Å². The first-order chi connectivity index (χ1) is 10.3. The fourth-order valence-electron chi connectivity index (χ4n) is 1.89. The van der Waals surface area contributed by atoms with Gasteiger partial charge in [-0.05, 0) is 26.2 Å². The minimum atomic E-state index is -0.573. The van der Waals surface area contributed by atoms with Crippen molar-refractivity contribution in [3.05, 3.63) is 16.0 Å². The van der Waals surface area contributed by atoms with Crippen LogP contribution in [0.25, 0.3) is 0 Å². The number of halogens is 1. The van der Waals surface area contributed by atoms with Gasteiger partial charge in [-0.25, -0.2) is 4.79 Å². The molecule has 1 fully saturated rings. The molecule has 0 aromatic carbocycles. The van der Waals surface area contributed by atoms with Gasteiger partial charge in [-0.2, -0.15) is 0 Å². The van der Waals surface area contributed by atoms with Gasteiger partial charge < -0.3 is 14.4 Å². The maximum Gasteiger partial charge on any atom is 0.412 e. The highest BCUT2D eigenvalue weighted by Crippen LogP contribution is 2.34. The number of ether oxygens (including phenoxy) is 2. The van der Waals surface area contributed by atoms with Gasteiger partial charge >= 0.3 is 6.09 Å². The molecule has 1 aromatic rings. The molecule has 122 valence electrons. The van der Waals surface area contributed by atoms with Crippen molar-refractivity contribution in [2.75, 3.05) is 25.1 Å². The topological polar surface area (TPSA) is 67.9 Å². The Morgan fingerprint density at radius 1 is 1.55 bits per heavy atom. The zero-order chi connectivity index (χ0) is 16.3. The zero-order valence-electron chi connectivity index (χ0n) is 12.8. The molecule has 2 heterocycles. The van der Waals surface area contributed by atoms with E-state index < -0.39 is 11.7 Å². The lowest BCUT2D eigenvalue weighted by Gasteiger charge is -2.26. The van der Waals surface area contributed by atoms with Crippen LogP contribution in [0.2, 0.25) is 5.02 Å². The standard InChI is InChI=1S/C14H19ClN2O4S/c1-14(2,3)21-13(19)16-12-11(15)9(8-22-12)6-17-4-5-20-7-10(17)18/h8H,4-7H2,1-3H3,(H,16,19). The molecule has 0 unspecified atom stereocenters. The largest absolute Gasteiger partial charge is 0.444 e. The monoisotopic (exact) mass is 346 g/mol. The lowest BCUT2D eigenvalue weighted by atomic mass is 10.2. The van der Waals surface area contributed by atoms with Crippen molar-refractivity contribution < 1.29 is 19.1 Å². The Kier molecular flexibility index (Phi) is 5.31.